The van der Waals surface area contributed by atoms with Crippen molar-refractivity contribution in [3.63, 3.8) is 0 Å². The second-order valence-electron chi connectivity index (χ2n) is 3.67. The Hall–Kier alpha value is -1.54. The normalized spacial score (nSPS) is 10.6. The largest absolute Gasteiger partial charge is 0.459 e. The van der Waals surface area contributed by atoms with E-state index in [1.54, 1.807) is 6.07 Å². The van der Waals surface area contributed by atoms with Crippen LogP contribution >= 0.6 is 0 Å². The Kier molecular flexibility index (Phi) is 2.60. The molecule has 0 aliphatic carbocycles. The number of aliphatic hydroxyl groups is 1. The third kappa shape index (κ3) is 1.81. The van der Waals surface area contributed by atoms with E-state index in [0.29, 0.717) is 5.76 Å². The fourth-order valence-corrected chi connectivity index (χ4v) is 1.63. The Balaban J connectivity index is 2.49. The van der Waals surface area contributed by atoms with Gasteiger partial charge in [-0.1, -0.05) is 18.2 Å². The molecule has 0 bridgehead atoms. The van der Waals surface area contributed by atoms with E-state index < -0.39 is 0 Å². The average Bonchev–Trinajstić information content (AvgIpc) is 2.70. The van der Waals surface area contributed by atoms with Crippen molar-refractivity contribution >= 4 is 0 Å². The summed E-state index contributed by atoms with van der Waals surface area (Å²) in [4.78, 5) is 0. The van der Waals surface area contributed by atoms with Crippen LogP contribution in [0.4, 0.5) is 0 Å². The van der Waals surface area contributed by atoms with Gasteiger partial charge >= 0.3 is 0 Å². The Morgan fingerprint density at radius 1 is 1.13 bits per heavy atom. The lowest BCUT2D eigenvalue weighted by Crippen LogP contribution is -1.85. The molecule has 1 aromatic carbocycles. The molecule has 1 aromatic heterocycles. The van der Waals surface area contributed by atoms with E-state index >= 15 is 0 Å². The number of rotatable bonds is 2. The Morgan fingerprint density at radius 2 is 1.93 bits per heavy atom. The number of hydrogen-bond donors (Lipinski definition) is 1. The van der Waals surface area contributed by atoms with Crippen LogP contribution in [0.1, 0.15) is 16.9 Å². The van der Waals surface area contributed by atoms with E-state index in [4.69, 9.17) is 9.52 Å². The summed E-state index contributed by atoms with van der Waals surface area (Å²) in [5.74, 6) is 1.42. The first-order valence-electron chi connectivity index (χ1n) is 4.98. The Morgan fingerprint density at radius 3 is 2.60 bits per heavy atom. The minimum Gasteiger partial charge on any atom is -0.459 e. The van der Waals surface area contributed by atoms with Crippen LogP contribution in [0.2, 0.25) is 0 Å². The van der Waals surface area contributed by atoms with Gasteiger partial charge in [0.2, 0.25) is 0 Å². The predicted molar refractivity (Wildman–Crippen MR) is 59.5 cm³/mol. The first-order chi connectivity index (χ1) is 7.22. The third-order valence-corrected chi connectivity index (χ3v) is 2.69. The summed E-state index contributed by atoms with van der Waals surface area (Å²) in [6.07, 6.45) is 0. The molecule has 0 radical (unpaired) electrons. The highest BCUT2D eigenvalue weighted by Gasteiger charge is 2.07. The van der Waals surface area contributed by atoms with Crippen molar-refractivity contribution in [1.29, 1.82) is 0 Å². The monoisotopic (exact) mass is 202 g/mol. The van der Waals surface area contributed by atoms with Crippen LogP contribution in [0.5, 0.6) is 0 Å². The third-order valence-electron chi connectivity index (χ3n) is 2.69. The van der Waals surface area contributed by atoms with Crippen LogP contribution < -0.4 is 0 Å². The van der Waals surface area contributed by atoms with Crippen molar-refractivity contribution < 1.29 is 9.52 Å². The quantitative estimate of drug-likeness (QED) is 0.811. The molecule has 0 spiro atoms. The van der Waals surface area contributed by atoms with Gasteiger partial charge in [0, 0.05) is 5.56 Å². The maximum absolute atomic E-state index is 8.93. The summed E-state index contributed by atoms with van der Waals surface area (Å²) in [5.41, 5.74) is 3.56. The lowest BCUT2D eigenvalue weighted by atomic mass is 10.0. The fraction of sp³-hybridized carbons (Fsp3) is 0.231. The molecule has 2 heteroatoms. The van der Waals surface area contributed by atoms with Crippen LogP contribution in [0.15, 0.2) is 34.7 Å². The molecular formula is C13H14O2. The number of hydrogen-bond acceptors (Lipinski definition) is 2. The molecule has 2 aromatic rings. The second-order valence-corrected chi connectivity index (χ2v) is 3.67. The van der Waals surface area contributed by atoms with Gasteiger partial charge in [-0.3, -0.25) is 0 Å². The van der Waals surface area contributed by atoms with E-state index in [-0.39, 0.29) is 6.61 Å². The summed E-state index contributed by atoms with van der Waals surface area (Å²) in [5, 5.41) is 8.93. The molecule has 0 aliphatic heterocycles. The standard InChI is InChI=1S/C13H14O2/c1-9-4-3-5-12(10(9)2)13-7-6-11(8-14)15-13/h3-7,14H,8H2,1-2H3. The average molecular weight is 202 g/mol. The molecule has 0 saturated heterocycles. The van der Waals surface area contributed by atoms with Crippen molar-refractivity contribution in [3.05, 3.63) is 47.2 Å². The maximum Gasteiger partial charge on any atom is 0.134 e. The Labute approximate surface area is 89.2 Å². The van der Waals surface area contributed by atoms with Crippen molar-refractivity contribution in [1.82, 2.24) is 0 Å². The molecule has 2 nitrogen and oxygen atoms in total. The lowest BCUT2D eigenvalue weighted by molar-refractivity contribution is 0.248. The fourth-order valence-electron chi connectivity index (χ4n) is 1.63. The van der Waals surface area contributed by atoms with Crippen LogP contribution in [-0.2, 0) is 6.61 Å². The molecule has 0 saturated carbocycles. The molecule has 1 N–H and O–H groups in total. The van der Waals surface area contributed by atoms with Crippen LogP contribution in [-0.4, -0.2) is 5.11 Å². The predicted octanol–water partition coefficient (Wildman–Crippen LogP) is 3.06. The molecule has 1 heterocycles. The molecule has 15 heavy (non-hydrogen) atoms. The molecule has 2 rings (SSSR count). The molecule has 0 aliphatic rings. The number of benzene rings is 1. The van der Waals surface area contributed by atoms with E-state index in [1.807, 2.05) is 18.2 Å². The van der Waals surface area contributed by atoms with Crippen LogP contribution in [0.25, 0.3) is 11.3 Å². The van der Waals surface area contributed by atoms with Gasteiger partial charge in [-0.05, 0) is 37.1 Å². The first kappa shape index (κ1) is 9.99. The van der Waals surface area contributed by atoms with Gasteiger partial charge in [-0.15, -0.1) is 0 Å². The van der Waals surface area contributed by atoms with Gasteiger partial charge in [-0.25, -0.2) is 0 Å². The van der Waals surface area contributed by atoms with Gasteiger partial charge < -0.3 is 9.52 Å². The Bertz CT molecular complexity index is 469. The number of aliphatic hydroxyl groups excluding tert-OH is 1. The second kappa shape index (κ2) is 3.91. The van der Waals surface area contributed by atoms with E-state index in [2.05, 4.69) is 19.9 Å². The zero-order valence-electron chi connectivity index (χ0n) is 8.95. The molecule has 0 amide bonds. The molecule has 78 valence electrons. The highest BCUT2D eigenvalue weighted by atomic mass is 16.4. The van der Waals surface area contributed by atoms with Crippen molar-refractivity contribution in [2.45, 2.75) is 20.5 Å². The summed E-state index contributed by atoms with van der Waals surface area (Å²) in [6, 6.07) is 9.82. The number of aryl methyl sites for hydroxylation is 1. The maximum atomic E-state index is 8.93. The molecular weight excluding hydrogens is 188 g/mol. The minimum atomic E-state index is -0.0507. The minimum absolute atomic E-state index is 0.0507. The summed E-state index contributed by atoms with van der Waals surface area (Å²) < 4.78 is 5.50. The van der Waals surface area contributed by atoms with Crippen LogP contribution in [0, 0.1) is 13.8 Å². The van der Waals surface area contributed by atoms with Gasteiger partial charge in [0.05, 0.1) is 0 Å². The highest BCUT2D eigenvalue weighted by Crippen LogP contribution is 2.27. The topological polar surface area (TPSA) is 33.4 Å². The number of furan rings is 1. The molecule has 0 unspecified atom stereocenters. The van der Waals surface area contributed by atoms with Crippen molar-refractivity contribution in [3.8, 4) is 11.3 Å². The summed E-state index contributed by atoms with van der Waals surface area (Å²) >= 11 is 0. The van der Waals surface area contributed by atoms with E-state index in [1.165, 1.54) is 11.1 Å². The van der Waals surface area contributed by atoms with Gasteiger partial charge in [0.1, 0.15) is 18.1 Å². The first-order valence-corrected chi connectivity index (χ1v) is 4.98. The lowest BCUT2D eigenvalue weighted by Gasteiger charge is -2.05. The zero-order chi connectivity index (χ0) is 10.8. The van der Waals surface area contributed by atoms with E-state index in [0.717, 1.165) is 11.3 Å². The van der Waals surface area contributed by atoms with Gasteiger partial charge in [0.15, 0.2) is 0 Å². The molecule has 0 fully saturated rings. The zero-order valence-corrected chi connectivity index (χ0v) is 8.95. The van der Waals surface area contributed by atoms with Crippen molar-refractivity contribution in [2.75, 3.05) is 0 Å². The SMILES string of the molecule is Cc1cccc(-c2ccc(CO)o2)c1C. The van der Waals surface area contributed by atoms with Gasteiger partial charge in [-0.2, -0.15) is 0 Å². The van der Waals surface area contributed by atoms with Crippen molar-refractivity contribution in [2.24, 2.45) is 0 Å². The highest BCUT2D eigenvalue weighted by molar-refractivity contribution is 5.63. The van der Waals surface area contributed by atoms with E-state index in [9.17, 15) is 0 Å². The smallest absolute Gasteiger partial charge is 0.134 e. The summed E-state index contributed by atoms with van der Waals surface area (Å²) in [7, 11) is 0. The van der Waals surface area contributed by atoms with Gasteiger partial charge in [0.25, 0.3) is 0 Å². The summed E-state index contributed by atoms with van der Waals surface area (Å²) in [6.45, 7) is 4.10. The van der Waals surface area contributed by atoms with Crippen LogP contribution in [0.3, 0.4) is 0 Å². The molecule has 0 atom stereocenters.